The van der Waals surface area contributed by atoms with Crippen LogP contribution < -0.4 is 4.74 Å². The van der Waals surface area contributed by atoms with E-state index in [0.29, 0.717) is 5.56 Å². The lowest BCUT2D eigenvalue weighted by atomic mass is 10.0. The summed E-state index contributed by atoms with van der Waals surface area (Å²) in [4.78, 5) is 11.0. The van der Waals surface area contributed by atoms with Crippen LogP contribution in [0, 0.1) is 0 Å². The Morgan fingerprint density at radius 3 is 2.00 bits per heavy atom. The summed E-state index contributed by atoms with van der Waals surface area (Å²) in [5.41, 5.74) is -1.89. The molecule has 0 amide bonds. The van der Waals surface area contributed by atoms with Crippen LogP contribution in [0.1, 0.15) is 11.1 Å². The molecular weight excluding hydrogens is 358 g/mol. The summed E-state index contributed by atoms with van der Waals surface area (Å²) in [6.07, 6.45) is -4.55. The minimum Gasteiger partial charge on any atom is -0.458 e. The highest BCUT2D eigenvalue weighted by molar-refractivity contribution is 6.31. The van der Waals surface area contributed by atoms with E-state index in [0.717, 1.165) is 0 Å². The Kier molecular flexibility index (Phi) is 3.85. The van der Waals surface area contributed by atoms with Gasteiger partial charge in [-0.25, -0.2) is 0 Å². The van der Waals surface area contributed by atoms with E-state index in [2.05, 4.69) is 25.2 Å². The third-order valence-electron chi connectivity index (χ3n) is 2.98. The highest BCUT2D eigenvalue weighted by atomic mass is 35.5. The first-order chi connectivity index (χ1) is 10.8. The van der Waals surface area contributed by atoms with Crippen molar-refractivity contribution in [2.45, 2.75) is 18.4 Å². The molecule has 0 fully saturated rings. The molecule has 0 spiro atoms. The van der Waals surface area contributed by atoms with Gasteiger partial charge in [0.25, 0.3) is 0 Å². The van der Waals surface area contributed by atoms with E-state index in [1.54, 1.807) is 0 Å². The lowest BCUT2D eigenvalue weighted by Gasteiger charge is -2.15. The van der Waals surface area contributed by atoms with E-state index in [9.17, 15) is 13.2 Å². The zero-order valence-electron chi connectivity index (χ0n) is 11.1. The number of ether oxygens (including phenoxy) is 1. The molecule has 1 aromatic carbocycles. The second kappa shape index (κ2) is 5.57. The van der Waals surface area contributed by atoms with Gasteiger partial charge >= 0.3 is 17.8 Å². The maximum absolute atomic E-state index is 12.9. The highest BCUT2D eigenvalue weighted by Crippen LogP contribution is 2.52. The maximum Gasteiger partial charge on any atom is 0.442 e. The third-order valence-corrected chi connectivity index (χ3v) is 3.32. The maximum atomic E-state index is 12.9. The van der Waals surface area contributed by atoms with Crippen LogP contribution in [0.25, 0.3) is 0 Å². The summed E-state index contributed by atoms with van der Waals surface area (Å²) in [6, 6.07) is 5.43. The number of hydrogen-bond acceptors (Lipinski definition) is 6. The lowest BCUT2D eigenvalue weighted by Crippen LogP contribution is -2.30. The molecule has 0 atom stereocenters. The number of hydrogen-bond donors (Lipinski definition) is 0. The zero-order valence-corrected chi connectivity index (χ0v) is 12.6. The first kappa shape index (κ1) is 15.9. The van der Waals surface area contributed by atoms with E-state index in [1.165, 1.54) is 24.3 Å². The van der Waals surface area contributed by atoms with Crippen LogP contribution in [-0.4, -0.2) is 21.1 Å². The molecule has 1 aliphatic heterocycles. The van der Waals surface area contributed by atoms with E-state index in [4.69, 9.17) is 27.9 Å². The van der Waals surface area contributed by atoms with Gasteiger partial charge in [-0.1, -0.05) is 24.3 Å². The van der Waals surface area contributed by atoms with E-state index in [1.807, 2.05) is 0 Å². The molecule has 0 unspecified atom stereocenters. The summed E-state index contributed by atoms with van der Waals surface area (Å²) < 4.78 is 43.9. The molecule has 120 valence electrons. The lowest BCUT2D eigenvalue weighted by molar-refractivity contribution is -0.166. The van der Waals surface area contributed by atoms with Gasteiger partial charge in [-0.05, 0) is 28.8 Å². The molecule has 11 heteroatoms. The molecule has 6 nitrogen and oxygen atoms in total. The average Bonchev–Trinajstić information content (AvgIpc) is 3.26. The molecule has 2 heterocycles. The van der Waals surface area contributed by atoms with E-state index >= 15 is 0 Å². The standard InChI is InChI=1S/C12H6Cl2F3N5O/c13-8-18-9(14)20-10(19-8)23-5-6-1-3-7(4-2-6)11(21-22-11)12(15,16)17/h1-4H,5H2. The molecular formula is C12H6Cl2F3N5O. The van der Waals surface area contributed by atoms with Crippen LogP contribution >= 0.6 is 23.2 Å². The molecule has 1 aliphatic rings. The van der Waals surface area contributed by atoms with Gasteiger partial charge in [0.1, 0.15) is 6.61 Å². The molecule has 0 aliphatic carbocycles. The Labute approximate surface area is 137 Å². The van der Waals surface area contributed by atoms with Crippen molar-refractivity contribution in [2.75, 3.05) is 0 Å². The van der Waals surface area contributed by atoms with Gasteiger partial charge < -0.3 is 4.74 Å². The third kappa shape index (κ3) is 3.20. The minimum absolute atomic E-state index is 0.0181. The van der Waals surface area contributed by atoms with Crippen molar-refractivity contribution in [3.8, 4) is 6.01 Å². The number of benzene rings is 1. The fourth-order valence-electron chi connectivity index (χ4n) is 1.80. The van der Waals surface area contributed by atoms with Crippen molar-refractivity contribution in [1.29, 1.82) is 0 Å². The van der Waals surface area contributed by atoms with Crippen LogP contribution in [-0.2, 0) is 12.3 Å². The largest absolute Gasteiger partial charge is 0.458 e. The molecule has 0 saturated carbocycles. The van der Waals surface area contributed by atoms with Gasteiger partial charge in [0.2, 0.25) is 10.6 Å². The van der Waals surface area contributed by atoms with Crippen molar-refractivity contribution >= 4 is 23.2 Å². The predicted molar refractivity (Wildman–Crippen MR) is 73.2 cm³/mol. The molecule has 1 aromatic heterocycles. The van der Waals surface area contributed by atoms with Gasteiger partial charge in [-0.2, -0.15) is 28.1 Å². The topological polar surface area (TPSA) is 72.6 Å². The number of halogens is 5. The number of nitrogens with zero attached hydrogens (tertiary/aromatic N) is 5. The number of rotatable bonds is 4. The van der Waals surface area contributed by atoms with Crippen LogP contribution in [0.2, 0.25) is 10.6 Å². The Hall–Kier alpha value is -2.00. The molecule has 0 N–H and O–H groups in total. The van der Waals surface area contributed by atoms with Crippen molar-refractivity contribution in [3.05, 3.63) is 46.0 Å². The van der Waals surface area contributed by atoms with Gasteiger partial charge in [-0.15, -0.1) is 10.2 Å². The molecule has 0 bridgehead atoms. The van der Waals surface area contributed by atoms with Crippen LogP contribution in [0.15, 0.2) is 34.5 Å². The predicted octanol–water partition coefficient (Wildman–Crippen LogP) is 3.94. The highest BCUT2D eigenvalue weighted by Gasteiger charge is 2.65. The zero-order chi connectivity index (χ0) is 16.7. The van der Waals surface area contributed by atoms with Crippen molar-refractivity contribution in [2.24, 2.45) is 10.2 Å². The van der Waals surface area contributed by atoms with Crippen LogP contribution in [0.4, 0.5) is 13.2 Å². The van der Waals surface area contributed by atoms with Crippen molar-refractivity contribution in [3.63, 3.8) is 0 Å². The second-order valence-corrected chi connectivity index (χ2v) is 5.19. The van der Waals surface area contributed by atoms with E-state index in [-0.39, 0.29) is 28.7 Å². The Morgan fingerprint density at radius 2 is 1.52 bits per heavy atom. The minimum atomic E-state index is -4.55. The molecule has 0 saturated heterocycles. The molecule has 23 heavy (non-hydrogen) atoms. The molecule has 3 rings (SSSR count). The van der Waals surface area contributed by atoms with Crippen molar-refractivity contribution in [1.82, 2.24) is 15.0 Å². The summed E-state index contributed by atoms with van der Waals surface area (Å²) in [7, 11) is 0. The molecule has 0 radical (unpaired) electrons. The number of aromatic nitrogens is 3. The Morgan fingerprint density at radius 1 is 0.957 bits per heavy atom. The van der Waals surface area contributed by atoms with E-state index < -0.39 is 11.8 Å². The fourth-order valence-corrected chi connectivity index (χ4v) is 2.15. The molecule has 2 aromatic rings. The Balaban J connectivity index is 1.69. The summed E-state index contributed by atoms with van der Waals surface area (Å²) in [5, 5.41) is 6.01. The van der Waals surface area contributed by atoms with Crippen molar-refractivity contribution < 1.29 is 17.9 Å². The Bertz CT molecular complexity index is 740. The summed E-state index contributed by atoms with van der Waals surface area (Å²) in [6.45, 7) is 0.0181. The van der Waals surface area contributed by atoms with Gasteiger partial charge in [0.05, 0.1) is 0 Å². The summed E-state index contributed by atoms with van der Waals surface area (Å²) in [5.74, 6) is 0. The summed E-state index contributed by atoms with van der Waals surface area (Å²) >= 11 is 11.2. The average molecular weight is 364 g/mol. The van der Waals surface area contributed by atoms with Gasteiger partial charge in [0, 0.05) is 5.56 Å². The normalized spacial score (nSPS) is 15.5. The first-order valence-electron chi connectivity index (χ1n) is 6.10. The SMILES string of the molecule is FC(F)(F)C1(c2ccc(COc3nc(Cl)nc(Cl)n3)cc2)N=N1. The smallest absolute Gasteiger partial charge is 0.442 e. The fraction of sp³-hybridized carbons (Fsp3) is 0.250. The monoisotopic (exact) mass is 363 g/mol. The second-order valence-electron chi connectivity index (χ2n) is 4.51. The van der Waals surface area contributed by atoms with Crippen LogP contribution in [0.5, 0.6) is 6.01 Å². The van der Waals surface area contributed by atoms with Crippen LogP contribution in [0.3, 0.4) is 0 Å². The first-order valence-corrected chi connectivity index (χ1v) is 6.86. The van der Waals surface area contributed by atoms with Gasteiger partial charge in [0.15, 0.2) is 0 Å². The quantitative estimate of drug-likeness (QED) is 0.824. The van der Waals surface area contributed by atoms with Gasteiger partial charge in [-0.3, -0.25) is 0 Å². The number of alkyl halides is 3.